The van der Waals surface area contributed by atoms with E-state index in [1.54, 1.807) is 23.4 Å². The second-order valence-corrected chi connectivity index (χ2v) is 5.31. The third-order valence-electron chi connectivity index (χ3n) is 3.29. The standard InChI is InChI=1S/C13H17ClN2O2/c1-16(8-9-5-10(14)6-9)13(17)11-3-4-15-7-12(11)18-2/h3-4,7,9-10H,5-6,8H2,1-2H3. The number of nitrogens with zero attached hydrogens (tertiary/aromatic N) is 2. The van der Waals surface area contributed by atoms with E-state index in [9.17, 15) is 4.79 Å². The van der Waals surface area contributed by atoms with Gasteiger partial charge in [0.15, 0.2) is 0 Å². The quantitative estimate of drug-likeness (QED) is 0.786. The van der Waals surface area contributed by atoms with Crippen LogP contribution in [0.25, 0.3) is 0 Å². The molecule has 0 spiro atoms. The van der Waals surface area contributed by atoms with Crippen molar-refractivity contribution in [2.24, 2.45) is 5.92 Å². The number of aromatic nitrogens is 1. The first-order valence-corrected chi connectivity index (χ1v) is 6.43. The number of rotatable bonds is 4. The van der Waals surface area contributed by atoms with Crippen LogP contribution in [0, 0.1) is 5.92 Å². The highest BCUT2D eigenvalue weighted by molar-refractivity contribution is 6.21. The van der Waals surface area contributed by atoms with E-state index >= 15 is 0 Å². The van der Waals surface area contributed by atoms with Gasteiger partial charge in [-0.15, -0.1) is 11.6 Å². The van der Waals surface area contributed by atoms with Gasteiger partial charge in [-0.25, -0.2) is 0 Å². The molecule has 0 atom stereocenters. The summed E-state index contributed by atoms with van der Waals surface area (Å²) >= 11 is 5.94. The number of hydrogen-bond acceptors (Lipinski definition) is 3. The van der Waals surface area contributed by atoms with Crippen molar-refractivity contribution in [3.05, 3.63) is 24.0 Å². The molecule has 1 saturated carbocycles. The number of carbonyl (C=O) groups excluding carboxylic acids is 1. The Bertz CT molecular complexity index is 433. The molecule has 1 aliphatic rings. The van der Waals surface area contributed by atoms with E-state index in [1.165, 1.54) is 7.11 Å². The Labute approximate surface area is 112 Å². The monoisotopic (exact) mass is 268 g/mol. The minimum absolute atomic E-state index is 0.0349. The zero-order valence-electron chi connectivity index (χ0n) is 10.6. The lowest BCUT2D eigenvalue weighted by Gasteiger charge is -2.34. The first-order valence-electron chi connectivity index (χ1n) is 5.99. The predicted octanol–water partition coefficient (Wildman–Crippen LogP) is 2.18. The van der Waals surface area contributed by atoms with Gasteiger partial charge >= 0.3 is 0 Å². The van der Waals surface area contributed by atoms with Crippen LogP contribution < -0.4 is 4.74 Å². The Hall–Kier alpha value is -1.29. The van der Waals surface area contributed by atoms with E-state index in [1.807, 2.05) is 7.05 Å². The van der Waals surface area contributed by atoms with Crippen molar-refractivity contribution in [3.8, 4) is 5.75 Å². The fourth-order valence-electron chi connectivity index (χ4n) is 2.20. The summed E-state index contributed by atoms with van der Waals surface area (Å²) in [7, 11) is 3.35. The van der Waals surface area contributed by atoms with Gasteiger partial charge in [0.2, 0.25) is 0 Å². The molecule has 1 amide bonds. The predicted molar refractivity (Wildman–Crippen MR) is 70.1 cm³/mol. The number of hydrogen-bond donors (Lipinski definition) is 0. The molecule has 5 heteroatoms. The lowest BCUT2D eigenvalue weighted by Crippen LogP contribution is -2.38. The summed E-state index contributed by atoms with van der Waals surface area (Å²) in [6.45, 7) is 0.744. The number of carbonyl (C=O) groups is 1. The second kappa shape index (κ2) is 5.57. The first kappa shape index (κ1) is 13.1. The highest BCUT2D eigenvalue weighted by Crippen LogP contribution is 2.32. The minimum atomic E-state index is -0.0349. The van der Waals surface area contributed by atoms with Gasteiger partial charge in [-0.05, 0) is 24.8 Å². The number of ether oxygens (including phenoxy) is 1. The third-order valence-corrected chi connectivity index (χ3v) is 3.65. The van der Waals surface area contributed by atoms with Crippen molar-refractivity contribution in [1.29, 1.82) is 0 Å². The molecule has 0 aliphatic heterocycles. The van der Waals surface area contributed by atoms with Gasteiger partial charge in [-0.3, -0.25) is 9.78 Å². The van der Waals surface area contributed by atoms with Crippen molar-refractivity contribution in [1.82, 2.24) is 9.88 Å². The number of amides is 1. The lowest BCUT2D eigenvalue weighted by atomic mass is 9.84. The Morgan fingerprint density at radius 1 is 1.61 bits per heavy atom. The van der Waals surface area contributed by atoms with Crippen LogP contribution in [0.5, 0.6) is 5.75 Å². The number of alkyl halides is 1. The average Bonchev–Trinajstić information content (AvgIpc) is 2.35. The first-order chi connectivity index (χ1) is 8.61. The summed E-state index contributed by atoms with van der Waals surface area (Å²) in [6.07, 6.45) is 5.14. The summed E-state index contributed by atoms with van der Waals surface area (Å²) in [6, 6.07) is 1.68. The van der Waals surface area contributed by atoms with Crippen LogP contribution in [-0.2, 0) is 0 Å². The Morgan fingerprint density at radius 2 is 2.33 bits per heavy atom. The van der Waals surface area contributed by atoms with Crippen molar-refractivity contribution < 1.29 is 9.53 Å². The van der Waals surface area contributed by atoms with Gasteiger partial charge in [0.25, 0.3) is 5.91 Å². The maximum Gasteiger partial charge on any atom is 0.257 e. The van der Waals surface area contributed by atoms with Crippen molar-refractivity contribution in [2.45, 2.75) is 18.2 Å². The van der Waals surface area contributed by atoms with E-state index in [0.717, 1.165) is 19.4 Å². The molecule has 1 heterocycles. The Morgan fingerprint density at radius 3 is 2.94 bits per heavy atom. The van der Waals surface area contributed by atoms with Crippen LogP contribution in [0.2, 0.25) is 0 Å². The summed E-state index contributed by atoms with van der Waals surface area (Å²) in [4.78, 5) is 17.9. The molecule has 0 unspecified atom stereocenters. The molecule has 0 saturated heterocycles. The fraction of sp³-hybridized carbons (Fsp3) is 0.538. The Kier molecular flexibility index (Phi) is 4.07. The van der Waals surface area contributed by atoms with E-state index in [0.29, 0.717) is 17.2 Å². The molecular formula is C13H17ClN2O2. The van der Waals surface area contributed by atoms with E-state index in [-0.39, 0.29) is 11.3 Å². The van der Waals surface area contributed by atoms with Crippen LogP contribution in [0.15, 0.2) is 18.5 Å². The topological polar surface area (TPSA) is 42.4 Å². The summed E-state index contributed by atoms with van der Waals surface area (Å²) < 4.78 is 5.15. The molecule has 0 N–H and O–H groups in total. The molecule has 2 rings (SSSR count). The second-order valence-electron chi connectivity index (χ2n) is 4.70. The Balaban J connectivity index is 2.01. The van der Waals surface area contributed by atoms with Crippen LogP contribution in [0.1, 0.15) is 23.2 Å². The molecular weight excluding hydrogens is 252 g/mol. The van der Waals surface area contributed by atoms with Crippen molar-refractivity contribution in [2.75, 3.05) is 20.7 Å². The highest BCUT2D eigenvalue weighted by Gasteiger charge is 2.29. The molecule has 1 fully saturated rings. The average molecular weight is 269 g/mol. The molecule has 0 bridgehead atoms. The molecule has 1 aromatic rings. The van der Waals surface area contributed by atoms with E-state index in [2.05, 4.69) is 4.98 Å². The molecule has 4 nitrogen and oxygen atoms in total. The summed E-state index contributed by atoms with van der Waals surface area (Å²) in [5, 5.41) is 0.286. The SMILES string of the molecule is COc1cnccc1C(=O)N(C)CC1CC(Cl)C1. The van der Waals surface area contributed by atoms with Gasteiger partial charge in [0.05, 0.1) is 18.9 Å². The molecule has 18 heavy (non-hydrogen) atoms. The summed E-state index contributed by atoms with van der Waals surface area (Å²) in [5.74, 6) is 1.000. The van der Waals surface area contributed by atoms with Crippen LogP contribution in [-0.4, -0.2) is 41.9 Å². The number of halogens is 1. The fourth-order valence-corrected chi connectivity index (χ4v) is 2.70. The van der Waals surface area contributed by atoms with Gasteiger partial charge in [-0.2, -0.15) is 0 Å². The van der Waals surface area contributed by atoms with Gasteiger partial charge in [0, 0.05) is 25.2 Å². The third kappa shape index (κ3) is 2.75. The van der Waals surface area contributed by atoms with Crippen molar-refractivity contribution in [3.63, 3.8) is 0 Å². The molecule has 1 aliphatic carbocycles. The normalized spacial score (nSPS) is 22.2. The largest absolute Gasteiger partial charge is 0.494 e. The maximum atomic E-state index is 12.3. The number of pyridine rings is 1. The van der Waals surface area contributed by atoms with Gasteiger partial charge < -0.3 is 9.64 Å². The number of methoxy groups -OCH3 is 1. The molecule has 1 aromatic heterocycles. The summed E-state index contributed by atoms with van der Waals surface area (Å²) in [5.41, 5.74) is 0.553. The zero-order chi connectivity index (χ0) is 13.1. The molecule has 98 valence electrons. The van der Waals surface area contributed by atoms with Gasteiger partial charge in [0.1, 0.15) is 5.75 Å². The highest BCUT2D eigenvalue weighted by atomic mass is 35.5. The van der Waals surface area contributed by atoms with Crippen LogP contribution in [0.4, 0.5) is 0 Å². The van der Waals surface area contributed by atoms with Crippen LogP contribution >= 0.6 is 11.6 Å². The van der Waals surface area contributed by atoms with Gasteiger partial charge in [-0.1, -0.05) is 0 Å². The molecule has 0 radical (unpaired) electrons. The maximum absolute atomic E-state index is 12.3. The minimum Gasteiger partial charge on any atom is -0.494 e. The van der Waals surface area contributed by atoms with E-state index in [4.69, 9.17) is 16.3 Å². The smallest absolute Gasteiger partial charge is 0.257 e. The lowest BCUT2D eigenvalue weighted by molar-refractivity contribution is 0.0743. The van der Waals surface area contributed by atoms with Crippen molar-refractivity contribution >= 4 is 17.5 Å². The zero-order valence-corrected chi connectivity index (χ0v) is 11.4. The molecule has 0 aromatic carbocycles. The van der Waals surface area contributed by atoms with Crippen LogP contribution in [0.3, 0.4) is 0 Å². The van der Waals surface area contributed by atoms with E-state index < -0.39 is 0 Å².